The fourth-order valence-corrected chi connectivity index (χ4v) is 1.68. The molecule has 0 aliphatic heterocycles. The van der Waals surface area contributed by atoms with E-state index >= 15 is 0 Å². The van der Waals surface area contributed by atoms with E-state index in [1.165, 1.54) is 12.8 Å². The Labute approximate surface area is 103 Å². The molecular formula is C13H22N4. The van der Waals surface area contributed by atoms with Crippen LogP contribution in [-0.4, -0.2) is 9.97 Å². The maximum atomic E-state index is 5.54. The summed E-state index contributed by atoms with van der Waals surface area (Å²) in [6.45, 7) is 5.69. The maximum Gasteiger partial charge on any atom is 0.146 e. The highest BCUT2D eigenvalue weighted by Gasteiger charge is 2.11. The lowest BCUT2D eigenvalue weighted by molar-refractivity contribution is 0.463. The summed E-state index contributed by atoms with van der Waals surface area (Å²) >= 11 is 0. The maximum absolute atomic E-state index is 5.54. The zero-order valence-corrected chi connectivity index (χ0v) is 10.5. The number of nitrogens with two attached hydrogens (primary N) is 1. The molecule has 0 aromatic carbocycles. The normalized spacial score (nSPS) is 12.4. The van der Waals surface area contributed by atoms with Crippen molar-refractivity contribution in [1.29, 1.82) is 0 Å². The number of rotatable bonds is 8. The van der Waals surface area contributed by atoms with Crippen LogP contribution in [0, 0.1) is 6.92 Å². The zero-order valence-electron chi connectivity index (χ0n) is 10.5. The fraction of sp³-hybridized carbons (Fsp3) is 0.538. The number of allylic oxidation sites excluding steroid dienone is 1. The molecule has 0 aliphatic carbocycles. The fourth-order valence-electron chi connectivity index (χ4n) is 1.68. The van der Waals surface area contributed by atoms with E-state index in [1.54, 1.807) is 0 Å². The molecule has 94 valence electrons. The molecule has 0 spiro atoms. The Morgan fingerprint density at radius 3 is 2.65 bits per heavy atom. The molecule has 0 bridgehead atoms. The summed E-state index contributed by atoms with van der Waals surface area (Å²) in [7, 11) is 0. The third-order valence-corrected chi connectivity index (χ3v) is 2.71. The summed E-state index contributed by atoms with van der Waals surface area (Å²) in [6, 6.07) is 0.0549. The number of nitrogens with zero attached hydrogens (tertiary/aromatic N) is 2. The molecule has 1 aromatic rings. The molecule has 1 unspecified atom stereocenters. The van der Waals surface area contributed by atoms with Gasteiger partial charge in [0.25, 0.3) is 0 Å². The van der Waals surface area contributed by atoms with E-state index in [2.05, 4.69) is 22.0 Å². The summed E-state index contributed by atoms with van der Waals surface area (Å²) in [5, 5.41) is 0. The van der Waals surface area contributed by atoms with Crippen molar-refractivity contribution in [2.24, 2.45) is 5.84 Å². The highest BCUT2D eigenvalue weighted by atomic mass is 15.2. The summed E-state index contributed by atoms with van der Waals surface area (Å²) < 4.78 is 0. The van der Waals surface area contributed by atoms with Gasteiger partial charge in [-0.3, -0.25) is 5.84 Å². The number of hydrogen-bond acceptors (Lipinski definition) is 4. The molecule has 1 atom stereocenters. The first-order chi connectivity index (χ1) is 8.27. The quantitative estimate of drug-likeness (QED) is 0.314. The van der Waals surface area contributed by atoms with Crippen molar-refractivity contribution >= 4 is 0 Å². The lowest BCUT2D eigenvalue weighted by Gasteiger charge is -2.14. The summed E-state index contributed by atoms with van der Waals surface area (Å²) in [5.74, 6) is 6.32. The van der Waals surface area contributed by atoms with Crippen molar-refractivity contribution < 1.29 is 0 Å². The number of aryl methyl sites for hydroxylation is 1. The van der Waals surface area contributed by atoms with Gasteiger partial charge in [-0.05, 0) is 31.7 Å². The average molecular weight is 234 g/mol. The molecule has 1 rings (SSSR count). The number of nitrogens with one attached hydrogen (secondary N) is 1. The second-order valence-corrected chi connectivity index (χ2v) is 4.26. The van der Waals surface area contributed by atoms with E-state index in [0.717, 1.165) is 30.7 Å². The molecule has 0 saturated heterocycles. The predicted molar refractivity (Wildman–Crippen MR) is 70.1 cm³/mol. The highest BCUT2D eigenvalue weighted by molar-refractivity contribution is 5.04. The molecule has 1 aromatic heterocycles. The lowest BCUT2D eigenvalue weighted by atomic mass is 10.1. The first-order valence-electron chi connectivity index (χ1n) is 6.13. The van der Waals surface area contributed by atoms with Crippen LogP contribution in [0.3, 0.4) is 0 Å². The van der Waals surface area contributed by atoms with Gasteiger partial charge in [0.15, 0.2) is 0 Å². The molecule has 4 nitrogen and oxygen atoms in total. The SMILES string of the molecule is C=CCCCCCC(NN)c1ncc(C)cn1. The molecule has 0 amide bonds. The van der Waals surface area contributed by atoms with Crippen LogP contribution < -0.4 is 11.3 Å². The van der Waals surface area contributed by atoms with Gasteiger partial charge in [-0.2, -0.15) is 0 Å². The van der Waals surface area contributed by atoms with E-state index in [1.807, 2.05) is 25.4 Å². The zero-order chi connectivity index (χ0) is 12.5. The van der Waals surface area contributed by atoms with Crippen LogP contribution in [0.2, 0.25) is 0 Å². The van der Waals surface area contributed by atoms with Gasteiger partial charge < -0.3 is 0 Å². The minimum absolute atomic E-state index is 0.0549. The molecule has 17 heavy (non-hydrogen) atoms. The Hall–Kier alpha value is -1.26. The number of unbranched alkanes of at least 4 members (excludes halogenated alkanes) is 3. The van der Waals surface area contributed by atoms with Crippen LogP contribution in [0.4, 0.5) is 0 Å². The van der Waals surface area contributed by atoms with Crippen molar-refractivity contribution in [3.8, 4) is 0 Å². The van der Waals surface area contributed by atoms with Crippen molar-refractivity contribution in [2.75, 3.05) is 0 Å². The van der Waals surface area contributed by atoms with E-state index in [4.69, 9.17) is 5.84 Å². The first-order valence-corrected chi connectivity index (χ1v) is 6.13. The van der Waals surface area contributed by atoms with E-state index < -0.39 is 0 Å². The third-order valence-electron chi connectivity index (χ3n) is 2.71. The third kappa shape index (κ3) is 5.06. The molecule has 1 heterocycles. The summed E-state index contributed by atoms with van der Waals surface area (Å²) in [4.78, 5) is 8.59. The molecule has 4 heteroatoms. The van der Waals surface area contributed by atoms with Crippen molar-refractivity contribution in [3.05, 3.63) is 36.4 Å². The minimum Gasteiger partial charge on any atom is -0.271 e. The van der Waals surface area contributed by atoms with Crippen LogP contribution in [0.25, 0.3) is 0 Å². The van der Waals surface area contributed by atoms with Crippen LogP contribution >= 0.6 is 0 Å². The van der Waals surface area contributed by atoms with E-state index in [0.29, 0.717) is 0 Å². The van der Waals surface area contributed by atoms with Gasteiger partial charge in [0.05, 0.1) is 6.04 Å². The molecular weight excluding hydrogens is 212 g/mol. The van der Waals surface area contributed by atoms with E-state index in [9.17, 15) is 0 Å². The second-order valence-electron chi connectivity index (χ2n) is 4.26. The first kappa shape index (κ1) is 13.8. The Morgan fingerprint density at radius 2 is 2.06 bits per heavy atom. The van der Waals surface area contributed by atoms with Crippen molar-refractivity contribution in [3.63, 3.8) is 0 Å². The van der Waals surface area contributed by atoms with Crippen LogP contribution in [-0.2, 0) is 0 Å². The number of aromatic nitrogens is 2. The van der Waals surface area contributed by atoms with Crippen molar-refractivity contribution in [2.45, 2.75) is 45.1 Å². The van der Waals surface area contributed by atoms with Gasteiger partial charge in [-0.25, -0.2) is 15.4 Å². The van der Waals surface area contributed by atoms with Crippen LogP contribution in [0.1, 0.15) is 49.5 Å². The lowest BCUT2D eigenvalue weighted by Crippen LogP contribution is -2.29. The molecule has 0 radical (unpaired) electrons. The smallest absolute Gasteiger partial charge is 0.146 e. The molecule has 0 fully saturated rings. The van der Waals surface area contributed by atoms with E-state index in [-0.39, 0.29) is 6.04 Å². The molecule has 0 aliphatic rings. The van der Waals surface area contributed by atoms with Gasteiger partial charge in [0, 0.05) is 12.4 Å². The monoisotopic (exact) mass is 234 g/mol. The Bertz CT molecular complexity index is 321. The number of hydrazine groups is 1. The topological polar surface area (TPSA) is 63.8 Å². The van der Waals surface area contributed by atoms with Gasteiger partial charge in [0.2, 0.25) is 0 Å². The average Bonchev–Trinajstić information content (AvgIpc) is 2.35. The number of hydrogen-bond donors (Lipinski definition) is 2. The van der Waals surface area contributed by atoms with Crippen molar-refractivity contribution in [1.82, 2.24) is 15.4 Å². The predicted octanol–water partition coefficient (Wildman–Crippen LogP) is 2.43. The second kappa shape index (κ2) is 7.92. The van der Waals surface area contributed by atoms with Crippen LogP contribution in [0.15, 0.2) is 25.0 Å². The minimum atomic E-state index is 0.0549. The summed E-state index contributed by atoms with van der Waals surface area (Å²) in [6.07, 6.45) is 11.2. The Morgan fingerprint density at radius 1 is 1.35 bits per heavy atom. The van der Waals surface area contributed by atoms with Crippen LogP contribution in [0.5, 0.6) is 0 Å². The molecule has 3 N–H and O–H groups in total. The standard InChI is InChI=1S/C13H22N4/c1-3-4-5-6-7-8-12(17-14)13-15-9-11(2)10-16-13/h3,9-10,12,17H,1,4-8,14H2,2H3. The van der Waals surface area contributed by atoms with Gasteiger partial charge in [-0.15, -0.1) is 6.58 Å². The molecule has 0 saturated carbocycles. The largest absolute Gasteiger partial charge is 0.271 e. The summed E-state index contributed by atoms with van der Waals surface area (Å²) in [5.41, 5.74) is 3.85. The Kier molecular flexibility index (Phi) is 6.43. The van der Waals surface area contributed by atoms with Gasteiger partial charge >= 0.3 is 0 Å². The van der Waals surface area contributed by atoms with Gasteiger partial charge in [-0.1, -0.05) is 18.9 Å². The Balaban J connectivity index is 2.37. The van der Waals surface area contributed by atoms with Gasteiger partial charge in [0.1, 0.15) is 5.82 Å². The highest BCUT2D eigenvalue weighted by Crippen LogP contribution is 2.15.